The van der Waals surface area contributed by atoms with Gasteiger partial charge in [0.25, 0.3) is 0 Å². The van der Waals surface area contributed by atoms with Crippen molar-refractivity contribution in [3.63, 3.8) is 0 Å². The van der Waals surface area contributed by atoms with Gasteiger partial charge in [-0.1, -0.05) is 28.1 Å². The van der Waals surface area contributed by atoms with Gasteiger partial charge in [-0.3, -0.25) is 0 Å². The molecule has 0 aromatic heterocycles. The number of ether oxygens (including phenoxy) is 1. The number of halogens is 2. The number of aliphatic hydroxyl groups is 1. The molecule has 0 bridgehead atoms. The predicted octanol–water partition coefficient (Wildman–Crippen LogP) is 3.59. The summed E-state index contributed by atoms with van der Waals surface area (Å²) < 4.78 is 20.0. The second kappa shape index (κ2) is 7.22. The number of rotatable bonds is 6. The first-order valence-electron chi connectivity index (χ1n) is 6.93. The number of aliphatic hydroxyl groups excluding tert-OH is 1. The zero-order valence-corrected chi connectivity index (χ0v) is 14.2. The molecule has 0 heterocycles. The van der Waals surface area contributed by atoms with Crippen molar-refractivity contribution in [2.24, 2.45) is 0 Å². The molecular weight excluding hydrogens is 349 g/mol. The minimum absolute atomic E-state index is 0.212. The first-order valence-corrected chi connectivity index (χ1v) is 7.72. The normalized spacial score (nSPS) is 13.7. The summed E-state index contributed by atoms with van der Waals surface area (Å²) in [7, 11) is 1.62. The Hall–Kier alpha value is -1.43. The third-order valence-corrected chi connectivity index (χ3v) is 4.17. The molecule has 5 heteroatoms. The molecule has 2 N–H and O–H groups in total. The second-order valence-electron chi connectivity index (χ2n) is 5.32. The summed E-state index contributed by atoms with van der Waals surface area (Å²) in [6.07, 6.45) is 0. The number of hydrogen-bond acceptors (Lipinski definition) is 3. The minimum Gasteiger partial charge on any atom is -0.497 e. The highest BCUT2D eigenvalue weighted by Crippen LogP contribution is 2.27. The van der Waals surface area contributed by atoms with Crippen molar-refractivity contribution < 1.29 is 14.2 Å². The van der Waals surface area contributed by atoms with Gasteiger partial charge >= 0.3 is 0 Å². The van der Waals surface area contributed by atoms with Crippen LogP contribution in [0.25, 0.3) is 0 Å². The number of benzene rings is 2. The molecule has 1 atom stereocenters. The molecule has 0 unspecified atom stereocenters. The lowest BCUT2D eigenvalue weighted by molar-refractivity contribution is 0.170. The lowest BCUT2D eigenvalue weighted by Crippen LogP contribution is -2.43. The Labute approximate surface area is 138 Å². The van der Waals surface area contributed by atoms with Gasteiger partial charge in [0.2, 0.25) is 0 Å². The van der Waals surface area contributed by atoms with Crippen molar-refractivity contribution in [3.8, 4) is 5.75 Å². The van der Waals surface area contributed by atoms with Crippen LogP contribution in [0, 0.1) is 5.82 Å². The van der Waals surface area contributed by atoms with Crippen LogP contribution in [0.2, 0.25) is 0 Å². The Morgan fingerprint density at radius 1 is 1.23 bits per heavy atom. The maximum absolute atomic E-state index is 14.1. The van der Waals surface area contributed by atoms with E-state index in [0.29, 0.717) is 12.1 Å². The van der Waals surface area contributed by atoms with Crippen molar-refractivity contribution in [2.75, 3.05) is 13.7 Å². The average molecular weight is 368 g/mol. The first kappa shape index (κ1) is 16.9. The van der Waals surface area contributed by atoms with E-state index < -0.39 is 5.54 Å². The monoisotopic (exact) mass is 367 g/mol. The Balaban J connectivity index is 2.17. The Bertz CT molecular complexity index is 633. The molecule has 0 aliphatic rings. The quantitative estimate of drug-likeness (QED) is 0.819. The highest BCUT2D eigenvalue weighted by Gasteiger charge is 2.28. The van der Waals surface area contributed by atoms with Crippen LogP contribution in [0.3, 0.4) is 0 Å². The van der Waals surface area contributed by atoms with E-state index in [4.69, 9.17) is 4.74 Å². The summed E-state index contributed by atoms with van der Waals surface area (Å²) in [5, 5.41) is 13.0. The van der Waals surface area contributed by atoms with Crippen LogP contribution < -0.4 is 10.1 Å². The van der Waals surface area contributed by atoms with E-state index in [0.717, 1.165) is 15.8 Å². The van der Waals surface area contributed by atoms with Crippen LogP contribution in [0.5, 0.6) is 5.75 Å². The van der Waals surface area contributed by atoms with Crippen LogP contribution in [0.4, 0.5) is 4.39 Å². The lowest BCUT2D eigenvalue weighted by atomic mass is 9.92. The molecule has 118 valence electrons. The van der Waals surface area contributed by atoms with E-state index in [2.05, 4.69) is 21.2 Å². The fourth-order valence-electron chi connectivity index (χ4n) is 2.20. The van der Waals surface area contributed by atoms with Gasteiger partial charge in [-0.25, -0.2) is 4.39 Å². The maximum Gasteiger partial charge on any atom is 0.128 e. The molecule has 22 heavy (non-hydrogen) atoms. The molecule has 0 spiro atoms. The van der Waals surface area contributed by atoms with Crippen molar-refractivity contribution in [1.82, 2.24) is 5.32 Å². The van der Waals surface area contributed by atoms with E-state index in [-0.39, 0.29) is 12.4 Å². The number of methoxy groups -OCH3 is 1. The summed E-state index contributed by atoms with van der Waals surface area (Å²) in [4.78, 5) is 0. The standard InChI is InChI=1S/C17H19BrFNO2/c1-17(11-21,15-9-13(18)5-8-16(15)19)20-10-12-3-6-14(22-2)7-4-12/h3-9,20-21H,10-11H2,1-2H3/t17-/m0/s1. The molecule has 2 rings (SSSR count). The first-order chi connectivity index (χ1) is 10.5. The van der Waals surface area contributed by atoms with Crippen molar-refractivity contribution in [1.29, 1.82) is 0 Å². The van der Waals surface area contributed by atoms with Crippen LogP contribution in [0.1, 0.15) is 18.1 Å². The number of nitrogens with one attached hydrogen (secondary N) is 1. The van der Waals surface area contributed by atoms with Gasteiger partial charge < -0.3 is 15.2 Å². The highest BCUT2D eigenvalue weighted by atomic mass is 79.9. The molecule has 3 nitrogen and oxygen atoms in total. The second-order valence-corrected chi connectivity index (χ2v) is 6.23. The van der Waals surface area contributed by atoms with Crippen LogP contribution >= 0.6 is 15.9 Å². The fraction of sp³-hybridized carbons (Fsp3) is 0.294. The van der Waals surface area contributed by atoms with Crippen molar-refractivity contribution in [3.05, 3.63) is 63.9 Å². The Kier molecular flexibility index (Phi) is 5.56. The summed E-state index contributed by atoms with van der Waals surface area (Å²) >= 11 is 3.34. The van der Waals surface area contributed by atoms with Crippen molar-refractivity contribution in [2.45, 2.75) is 19.0 Å². The molecule has 0 amide bonds. The molecule has 0 fully saturated rings. The van der Waals surface area contributed by atoms with Gasteiger partial charge in [-0.2, -0.15) is 0 Å². The minimum atomic E-state index is -0.867. The Morgan fingerprint density at radius 3 is 2.50 bits per heavy atom. The van der Waals surface area contributed by atoms with Gasteiger partial charge in [0.05, 0.1) is 19.3 Å². The largest absolute Gasteiger partial charge is 0.497 e. The van der Waals surface area contributed by atoms with Gasteiger partial charge in [0.15, 0.2) is 0 Å². The molecule has 0 aliphatic carbocycles. The zero-order valence-electron chi connectivity index (χ0n) is 12.6. The molecular formula is C17H19BrFNO2. The lowest BCUT2D eigenvalue weighted by Gasteiger charge is -2.30. The third-order valence-electron chi connectivity index (χ3n) is 3.68. The molecule has 2 aromatic rings. The molecule has 0 saturated carbocycles. The topological polar surface area (TPSA) is 41.5 Å². The van der Waals surface area contributed by atoms with Gasteiger partial charge in [-0.05, 0) is 42.8 Å². The highest BCUT2D eigenvalue weighted by molar-refractivity contribution is 9.10. The Morgan fingerprint density at radius 2 is 1.91 bits per heavy atom. The maximum atomic E-state index is 14.1. The van der Waals surface area contributed by atoms with Crippen LogP contribution in [0.15, 0.2) is 46.9 Å². The van der Waals surface area contributed by atoms with Crippen LogP contribution in [-0.4, -0.2) is 18.8 Å². The molecule has 2 aromatic carbocycles. The van der Waals surface area contributed by atoms with E-state index in [1.165, 1.54) is 6.07 Å². The predicted molar refractivity (Wildman–Crippen MR) is 88.4 cm³/mol. The molecule has 0 aliphatic heterocycles. The summed E-state index contributed by atoms with van der Waals surface area (Å²) in [5.74, 6) is 0.439. The van der Waals surface area contributed by atoms with E-state index in [1.807, 2.05) is 24.3 Å². The number of hydrogen-bond donors (Lipinski definition) is 2. The van der Waals surface area contributed by atoms with Crippen molar-refractivity contribution >= 4 is 15.9 Å². The molecule has 0 radical (unpaired) electrons. The smallest absolute Gasteiger partial charge is 0.128 e. The van der Waals surface area contributed by atoms with E-state index >= 15 is 0 Å². The SMILES string of the molecule is COc1ccc(CN[C@@](C)(CO)c2cc(Br)ccc2F)cc1. The van der Waals surface area contributed by atoms with Crippen LogP contribution in [-0.2, 0) is 12.1 Å². The summed E-state index contributed by atoms with van der Waals surface area (Å²) in [6.45, 7) is 2.07. The average Bonchev–Trinajstić information content (AvgIpc) is 2.55. The van der Waals surface area contributed by atoms with Gasteiger partial charge in [0, 0.05) is 16.6 Å². The summed E-state index contributed by atoms with van der Waals surface area (Å²) in [5.41, 5.74) is 0.585. The fourth-order valence-corrected chi connectivity index (χ4v) is 2.56. The van der Waals surface area contributed by atoms with Gasteiger partial charge in [0.1, 0.15) is 11.6 Å². The van der Waals surface area contributed by atoms with E-state index in [1.54, 1.807) is 26.2 Å². The molecule has 0 saturated heterocycles. The zero-order chi connectivity index (χ0) is 16.2. The van der Waals surface area contributed by atoms with Gasteiger partial charge in [-0.15, -0.1) is 0 Å². The van der Waals surface area contributed by atoms with E-state index in [9.17, 15) is 9.50 Å². The third kappa shape index (κ3) is 3.85. The summed E-state index contributed by atoms with van der Waals surface area (Å²) in [6, 6.07) is 12.3.